The van der Waals surface area contributed by atoms with Crippen molar-refractivity contribution in [3.8, 4) is 11.3 Å². The number of hydrogen-bond donors (Lipinski definition) is 1. The summed E-state index contributed by atoms with van der Waals surface area (Å²) in [5.74, 6) is 0.226. The molecule has 128 valence electrons. The van der Waals surface area contributed by atoms with Gasteiger partial charge >= 0.3 is 0 Å². The first-order valence-corrected chi connectivity index (χ1v) is 8.69. The lowest BCUT2D eigenvalue weighted by molar-refractivity contribution is -0.117. The molecule has 1 aliphatic rings. The largest absolute Gasteiger partial charge is 0.457 e. The Hall–Kier alpha value is -3.12. The van der Waals surface area contributed by atoms with Crippen LogP contribution in [0.2, 0.25) is 0 Å². The minimum absolute atomic E-state index is 0.0268. The highest BCUT2D eigenvalue weighted by Crippen LogP contribution is 2.26. The molecular formula is C20H13BrN2O3. The Bertz CT molecular complexity index is 1020. The standard InChI is InChI=1S/C20H13BrN2O3/c21-14-7-4-8-15(11-14)23-20(25)17(19(24)22-23)12-16-9-10-18(26-16)13-5-2-1-3-6-13/h1-12H,(H,22,24)/b17-12+. The summed E-state index contributed by atoms with van der Waals surface area (Å²) in [6.07, 6.45) is 1.46. The molecule has 0 radical (unpaired) electrons. The van der Waals surface area contributed by atoms with Crippen LogP contribution in [0, 0.1) is 0 Å². The zero-order valence-electron chi connectivity index (χ0n) is 13.5. The maximum Gasteiger partial charge on any atom is 0.282 e. The van der Waals surface area contributed by atoms with E-state index in [2.05, 4.69) is 21.4 Å². The number of rotatable bonds is 3. The average molecular weight is 409 g/mol. The van der Waals surface area contributed by atoms with Gasteiger partial charge in [-0.3, -0.25) is 15.0 Å². The maximum atomic E-state index is 12.6. The summed E-state index contributed by atoms with van der Waals surface area (Å²) in [7, 11) is 0. The van der Waals surface area contributed by atoms with Crippen molar-refractivity contribution < 1.29 is 14.0 Å². The number of halogens is 1. The highest BCUT2D eigenvalue weighted by Gasteiger charge is 2.34. The third kappa shape index (κ3) is 3.07. The van der Waals surface area contributed by atoms with Crippen LogP contribution in [0.15, 0.2) is 81.2 Å². The highest BCUT2D eigenvalue weighted by atomic mass is 79.9. The molecule has 0 aliphatic carbocycles. The first-order valence-electron chi connectivity index (χ1n) is 7.90. The molecule has 2 amide bonds. The normalized spacial score (nSPS) is 15.6. The van der Waals surface area contributed by atoms with Crippen LogP contribution >= 0.6 is 15.9 Å². The van der Waals surface area contributed by atoms with E-state index in [0.29, 0.717) is 17.2 Å². The summed E-state index contributed by atoms with van der Waals surface area (Å²) in [5, 5.41) is 1.22. The van der Waals surface area contributed by atoms with Crippen LogP contribution < -0.4 is 10.4 Å². The Morgan fingerprint density at radius 3 is 2.54 bits per heavy atom. The van der Waals surface area contributed by atoms with Gasteiger partial charge in [0.05, 0.1) is 5.69 Å². The molecule has 5 nitrogen and oxygen atoms in total. The Morgan fingerprint density at radius 2 is 1.77 bits per heavy atom. The molecule has 6 heteroatoms. The first-order chi connectivity index (χ1) is 12.6. The molecule has 1 fully saturated rings. The Morgan fingerprint density at radius 1 is 0.962 bits per heavy atom. The van der Waals surface area contributed by atoms with E-state index < -0.39 is 11.8 Å². The lowest BCUT2D eigenvalue weighted by Crippen LogP contribution is -2.35. The number of anilines is 1. The van der Waals surface area contributed by atoms with Gasteiger partial charge in [-0.05, 0) is 36.4 Å². The molecule has 4 rings (SSSR count). The predicted molar refractivity (Wildman–Crippen MR) is 102 cm³/mol. The molecule has 0 saturated carbocycles. The summed E-state index contributed by atoms with van der Waals surface area (Å²) in [6.45, 7) is 0. The van der Waals surface area contributed by atoms with E-state index >= 15 is 0 Å². The van der Waals surface area contributed by atoms with Crippen LogP contribution in [-0.2, 0) is 9.59 Å². The fourth-order valence-electron chi connectivity index (χ4n) is 2.68. The van der Waals surface area contributed by atoms with Crippen LogP contribution in [0.1, 0.15) is 5.76 Å². The van der Waals surface area contributed by atoms with Crippen LogP contribution in [0.3, 0.4) is 0 Å². The van der Waals surface area contributed by atoms with E-state index in [1.165, 1.54) is 11.1 Å². The molecule has 2 aromatic carbocycles. The molecule has 0 bridgehead atoms. The molecule has 2 heterocycles. The third-order valence-corrected chi connectivity index (χ3v) is 4.42. The molecule has 0 atom stereocenters. The summed E-state index contributed by atoms with van der Waals surface area (Å²) in [5.41, 5.74) is 4.10. The van der Waals surface area contributed by atoms with Crippen molar-refractivity contribution in [1.29, 1.82) is 0 Å². The molecule has 1 aromatic heterocycles. The van der Waals surface area contributed by atoms with Gasteiger partial charge in [0, 0.05) is 10.0 Å². The molecule has 3 aromatic rings. The van der Waals surface area contributed by atoms with E-state index in [4.69, 9.17) is 4.42 Å². The summed E-state index contributed by atoms with van der Waals surface area (Å²) in [6, 6.07) is 20.3. The summed E-state index contributed by atoms with van der Waals surface area (Å²) < 4.78 is 6.57. The van der Waals surface area contributed by atoms with Gasteiger partial charge in [-0.2, -0.15) is 0 Å². The minimum Gasteiger partial charge on any atom is -0.457 e. The average Bonchev–Trinajstić information content (AvgIpc) is 3.23. The topological polar surface area (TPSA) is 62.6 Å². The number of carbonyl (C=O) groups excluding carboxylic acids is 2. The van der Waals surface area contributed by atoms with Gasteiger partial charge in [0.15, 0.2) is 0 Å². The van der Waals surface area contributed by atoms with Crippen molar-refractivity contribution in [1.82, 2.24) is 5.43 Å². The molecule has 0 unspecified atom stereocenters. The smallest absolute Gasteiger partial charge is 0.282 e. The Kier molecular flexibility index (Phi) is 4.18. The van der Waals surface area contributed by atoms with Crippen LogP contribution in [0.25, 0.3) is 17.4 Å². The van der Waals surface area contributed by atoms with Gasteiger partial charge in [-0.15, -0.1) is 0 Å². The lowest BCUT2D eigenvalue weighted by atomic mass is 10.2. The monoisotopic (exact) mass is 408 g/mol. The lowest BCUT2D eigenvalue weighted by Gasteiger charge is -2.14. The highest BCUT2D eigenvalue weighted by molar-refractivity contribution is 9.10. The second-order valence-electron chi connectivity index (χ2n) is 5.69. The molecule has 1 N–H and O–H groups in total. The van der Waals surface area contributed by atoms with Crippen LogP contribution in [0.4, 0.5) is 5.69 Å². The molecule has 0 spiro atoms. The van der Waals surface area contributed by atoms with Gasteiger partial charge in [0.2, 0.25) is 0 Å². The quantitative estimate of drug-likeness (QED) is 0.522. The molecule has 1 saturated heterocycles. The Labute approximate surface area is 158 Å². The second-order valence-corrected chi connectivity index (χ2v) is 6.60. The SMILES string of the molecule is O=C1NN(c2cccc(Br)c2)C(=O)/C1=C/c1ccc(-c2ccccc2)o1. The van der Waals surface area contributed by atoms with Crippen molar-refractivity contribution in [3.63, 3.8) is 0 Å². The number of nitrogens with one attached hydrogen (secondary N) is 1. The maximum absolute atomic E-state index is 12.6. The zero-order valence-corrected chi connectivity index (χ0v) is 15.1. The predicted octanol–water partition coefficient (Wildman–Crippen LogP) is 4.17. The molecule has 1 aliphatic heterocycles. The van der Waals surface area contributed by atoms with E-state index in [0.717, 1.165) is 10.0 Å². The molecular weight excluding hydrogens is 396 g/mol. The number of hydrogen-bond acceptors (Lipinski definition) is 3. The van der Waals surface area contributed by atoms with Crippen molar-refractivity contribution in [2.24, 2.45) is 0 Å². The fourth-order valence-corrected chi connectivity index (χ4v) is 3.07. The Balaban J connectivity index is 1.63. The number of amides is 2. The van der Waals surface area contributed by atoms with Gasteiger partial charge < -0.3 is 4.42 Å². The van der Waals surface area contributed by atoms with Gasteiger partial charge in [0.25, 0.3) is 11.8 Å². The number of furan rings is 1. The van der Waals surface area contributed by atoms with Gasteiger partial charge in [-0.25, -0.2) is 5.01 Å². The number of carbonyl (C=O) groups is 2. The fraction of sp³-hybridized carbons (Fsp3) is 0. The van der Waals surface area contributed by atoms with E-state index in [-0.39, 0.29) is 5.57 Å². The van der Waals surface area contributed by atoms with Crippen molar-refractivity contribution in [3.05, 3.63) is 82.5 Å². The minimum atomic E-state index is -0.465. The van der Waals surface area contributed by atoms with Crippen molar-refractivity contribution >= 4 is 39.5 Å². The van der Waals surface area contributed by atoms with E-state index in [9.17, 15) is 9.59 Å². The zero-order chi connectivity index (χ0) is 18.1. The summed E-state index contributed by atoms with van der Waals surface area (Å²) in [4.78, 5) is 24.9. The summed E-state index contributed by atoms with van der Waals surface area (Å²) >= 11 is 3.36. The third-order valence-electron chi connectivity index (χ3n) is 3.93. The van der Waals surface area contributed by atoms with E-state index in [1.54, 1.807) is 24.3 Å². The van der Waals surface area contributed by atoms with Crippen molar-refractivity contribution in [2.75, 3.05) is 5.01 Å². The van der Waals surface area contributed by atoms with Gasteiger partial charge in [0.1, 0.15) is 17.1 Å². The number of hydrazine groups is 1. The van der Waals surface area contributed by atoms with Crippen LogP contribution in [0.5, 0.6) is 0 Å². The van der Waals surface area contributed by atoms with E-state index in [1.807, 2.05) is 42.5 Å². The number of benzene rings is 2. The first kappa shape index (κ1) is 16.4. The second kappa shape index (κ2) is 6.65. The van der Waals surface area contributed by atoms with Gasteiger partial charge in [-0.1, -0.05) is 52.3 Å². The molecule has 26 heavy (non-hydrogen) atoms. The number of nitrogens with zero attached hydrogens (tertiary/aromatic N) is 1. The van der Waals surface area contributed by atoms with Crippen molar-refractivity contribution in [2.45, 2.75) is 0 Å². The van der Waals surface area contributed by atoms with Crippen LogP contribution in [-0.4, -0.2) is 11.8 Å².